The molecule has 110 valence electrons. The minimum Gasteiger partial charge on any atom is -0.545 e. The number of carbonyl (C=O) groups is 1. The van der Waals surface area contributed by atoms with Gasteiger partial charge < -0.3 is 9.90 Å². The van der Waals surface area contributed by atoms with Crippen molar-refractivity contribution in [2.45, 2.75) is 11.8 Å². The zero-order valence-electron chi connectivity index (χ0n) is 11.0. The van der Waals surface area contributed by atoms with Gasteiger partial charge in [-0.15, -0.1) is 0 Å². The fourth-order valence-electron chi connectivity index (χ4n) is 1.73. The van der Waals surface area contributed by atoms with Gasteiger partial charge in [-0.05, 0) is 43.3 Å². The molecule has 2 aromatic carbocycles. The highest BCUT2D eigenvalue weighted by atomic mass is 35.5. The summed E-state index contributed by atoms with van der Waals surface area (Å²) in [5.74, 6) is -1.45. The van der Waals surface area contributed by atoms with E-state index in [-0.39, 0.29) is 16.1 Å². The van der Waals surface area contributed by atoms with E-state index in [4.69, 9.17) is 11.6 Å². The average Bonchev–Trinajstić information content (AvgIpc) is 2.41. The fraction of sp³-hybridized carbons (Fsp3) is 0.0714. The summed E-state index contributed by atoms with van der Waals surface area (Å²) in [4.78, 5) is 11.1. The van der Waals surface area contributed by atoms with Crippen LogP contribution in [-0.2, 0) is 10.0 Å². The number of halogens is 1. The molecule has 0 aliphatic heterocycles. The molecule has 2 aromatic rings. The maximum absolute atomic E-state index is 12.2. The van der Waals surface area contributed by atoms with E-state index in [1.807, 2.05) is 0 Å². The molecule has 0 unspecified atom stereocenters. The Labute approximate surface area is 127 Å². The van der Waals surface area contributed by atoms with Gasteiger partial charge in [0.1, 0.15) is 0 Å². The van der Waals surface area contributed by atoms with Crippen molar-refractivity contribution in [2.24, 2.45) is 0 Å². The normalized spacial score (nSPS) is 11.1. The Bertz CT molecular complexity index is 785. The third kappa shape index (κ3) is 3.53. The fourth-order valence-corrected chi connectivity index (χ4v) is 2.94. The number of rotatable bonds is 4. The first-order valence-corrected chi connectivity index (χ1v) is 7.76. The van der Waals surface area contributed by atoms with E-state index < -0.39 is 16.0 Å². The summed E-state index contributed by atoms with van der Waals surface area (Å²) >= 11 is 5.70. The van der Waals surface area contributed by atoms with Crippen LogP contribution in [0.2, 0.25) is 5.02 Å². The molecule has 0 aromatic heterocycles. The van der Waals surface area contributed by atoms with Gasteiger partial charge in [0.15, 0.2) is 0 Å². The molecule has 0 amide bonds. The number of aryl methyl sites for hydroxylation is 1. The lowest BCUT2D eigenvalue weighted by atomic mass is 10.1. The van der Waals surface area contributed by atoms with Crippen LogP contribution in [0.3, 0.4) is 0 Å². The van der Waals surface area contributed by atoms with Crippen molar-refractivity contribution >= 4 is 33.3 Å². The third-order valence-corrected chi connectivity index (χ3v) is 4.40. The first-order valence-electron chi connectivity index (χ1n) is 5.90. The monoisotopic (exact) mass is 324 g/mol. The summed E-state index contributed by atoms with van der Waals surface area (Å²) < 4.78 is 26.6. The molecule has 0 atom stereocenters. The molecule has 0 saturated carbocycles. The van der Waals surface area contributed by atoms with Crippen molar-refractivity contribution in [3.63, 3.8) is 0 Å². The lowest BCUT2D eigenvalue weighted by Gasteiger charge is -2.14. The number of aromatic carboxylic acids is 1. The maximum atomic E-state index is 12.2. The van der Waals surface area contributed by atoms with Crippen molar-refractivity contribution in [3.8, 4) is 0 Å². The van der Waals surface area contributed by atoms with Crippen LogP contribution in [0.1, 0.15) is 15.9 Å². The maximum Gasteiger partial charge on any atom is 0.261 e. The van der Waals surface area contributed by atoms with E-state index in [0.717, 1.165) is 0 Å². The first kappa shape index (κ1) is 15.3. The summed E-state index contributed by atoms with van der Waals surface area (Å²) in [5, 5.41) is 11.5. The van der Waals surface area contributed by atoms with E-state index in [0.29, 0.717) is 10.6 Å². The number of anilines is 1. The van der Waals surface area contributed by atoms with Crippen molar-refractivity contribution in [3.05, 3.63) is 58.6 Å². The van der Waals surface area contributed by atoms with Crippen molar-refractivity contribution in [2.75, 3.05) is 4.72 Å². The molecule has 0 radical (unpaired) electrons. The molecule has 0 bridgehead atoms. The second kappa shape index (κ2) is 5.75. The van der Waals surface area contributed by atoms with Crippen LogP contribution in [0.4, 0.5) is 5.69 Å². The average molecular weight is 325 g/mol. The lowest BCUT2D eigenvalue weighted by molar-refractivity contribution is -0.254. The highest BCUT2D eigenvalue weighted by Gasteiger charge is 2.16. The van der Waals surface area contributed by atoms with Gasteiger partial charge in [-0.25, -0.2) is 8.42 Å². The highest BCUT2D eigenvalue weighted by molar-refractivity contribution is 7.92. The Morgan fingerprint density at radius 3 is 2.33 bits per heavy atom. The summed E-state index contributed by atoms with van der Waals surface area (Å²) in [5.41, 5.74) is 0.423. The van der Waals surface area contributed by atoms with Gasteiger partial charge in [-0.3, -0.25) is 4.72 Å². The van der Waals surface area contributed by atoms with Crippen LogP contribution in [0, 0.1) is 6.92 Å². The van der Waals surface area contributed by atoms with Gasteiger partial charge in [0.2, 0.25) is 0 Å². The largest absolute Gasteiger partial charge is 0.545 e. The zero-order valence-corrected chi connectivity index (χ0v) is 12.5. The van der Waals surface area contributed by atoms with Crippen LogP contribution < -0.4 is 9.83 Å². The van der Waals surface area contributed by atoms with Gasteiger partial charge >= 0.3 is 0 Å². The molecule has 5 nitrogen and oxygen atoms in total. The Kier molecular flexibility index (Phi) is 4.20. The molecule has 0 aliphatic carbocycles. The molecule has 0 aliphatic rings. The van der Waals surface area contributed by atoms with Crippen molar-refractivity contribution < 1.29 is 18.3 Å². The molecule has 2 rings (SSSR count). The van der Waals surface area contributed by atoms with Crippen LogP contribution in [0.5, 0.6) is 0 Å². The molecule has 0 heterocycles. The van der Waals surface area contributed by atoms with Crippen molar-refractivity contribution in [1.29, 1.82) is 0 Å². The van der Waals surface area contributed by atoms with Crippen LogP contribution in [0.15, 0.2) is 47.4 Å². The van der Waals surface area contributed by atoms with Gasteiger partial charge in [0.05, 0.1) is 16.6 Å². The van der Waals surface area contributed by atoms with Crippen LogP contribution in [-0.4, -0.2) is 14.4 Å². The second-order valence-corrected chi connectivity index (χ2v) is 6.51. The molecular formula is C14H11ClNO4S-. The van der Waals surface area contributed by atoms with Gasteiger partial charge in [-0.1, -0.05) is 23.2 Å². The number of sulfonamides is 1. The smallest absolute Gasteiger partial charge is 0.261 e. The Balaban J connectivity index is 2.41. The second-order valence-electron chi connectivity index (χ2n) is 4.40. The highest BCUT2D eigenvalue weighted by Crippen LogP contribution is 2.22. The van der Waals surface area contributed by atoms with Gasteiger partial charge in [0, 0.05) is 10.6 Å². The van der Waals surface area contributed by atoms with E-state index in [1.165, 1.54) is 36.4 Å². The number of carboxylic acids is 1. The van der Waals surface area contributed by atoms with Crippen LogP contribution in [0.25, 0.3) is 0 Å². The number of carbonyl (C=O) groups excluding carboxylic acids is 1. The molecular weight excluding hydrogens is 314 g/mol. The minimum absolute atomic E-state index is 0.0169. The van der Waals surface area contributed by atoms with Gasteiger partial charge in [0.25, 0.3) is 10.0 Å². The topological polar surface area (TPSA) is 86.3 Å². The Hall–Kier alpha value is -2.05. The SMILES string of the molecule is Cc1ccc(NS(=O)(=O)c2ccc(Cl)cc2)c(C(=O)[O-])c1. The summed E-state index contributed by atoms with van der Waals surface area (Å²) in [7, 11) is -3.90. The molecule has 0 saturated heterocycles. The van der Waals surface area contributed by atoms with Crippen LogP contribution >= 0.6 is 11.6 Å². The molecule has 0 spiro atoms. The molecule has 21 heavy (non-hydrogen) atoms. The third-order valence-electron chi connectivity index (χ3n) is 2.76. The first-order chi connectivity index (χ1) is 9.79. The summed E-state index contributed by atoms with van der Waals surface area (Å²) in [6.45, 7) is 1.70. The molecule has 0 fully saturated rings. The Morgan fingerprint density at radius 2 is 1.76 bits per heavy atom. The summed E-state index contributed by atoms with van der Waals surface area (Å²) in [6.07, 6.45) is 0. The predicted octanol–water partition coefficient (Wildman–Crippen LogP) is 1.81. The van der Waals surface area contributed by atoms with E-state index in [9.17, 15) is 18.3 Å². The number of carboxylic acid groups (broad SMARTS) is 1. The number of nitrogens with one attached hydrogen (secondary N) is 1. The predicted molar refractivity (Wildman–Crippen MR) is 77.8 cm³/mol. The lowest BCUT2D eigenvalue weighted by Crippen LogP contribution is -2.25. The van der Waals surface area contributed by atoms with E-state index in [2.05, 4.69) is 4.72 Å². The standard InChI is InChI=1S/C14H12ClNO4S/c1-9-2-7-13(12(8-9)14(17)18)16-21(19,20)11-5-3-10(15)4-6-11/h2-8,16H,1H3,(H,17,18)/p-1. The quantitative estimate of drug-likeness (QED) is 0.929. The number of benzene rings is 2. The molecule has 1 N–H and O–H groups in total. The minimum atomic E-state index is -3.90. The summed E-state index contributed by atoms with van der Waals surface area (Å²) in [6, 6.07) is 9.86. The number of hydrogen-bond donors (Lipinski definition) is 1. The molecule has 7 heteroatoms. The van der Waals surface area contributed by atoms with Crippen molar-refractivity contribution in [1.82, 2.24) is 0 Å². The number of hydrogen-bond acceptors (Lipinski definition) is 4. The van der Waals surface area contributed by atoms with E-state index >= 15 is 0 Å². The zero-order chi connectivity index (χ0) is 15.6. The van der Waals surface area contributed by atoms with E-state index in [1.54, 1.807) is 13.0 Å². The van der Waals surface area contributed by atoms with Gasteiger partial charge in [-0.2, -0.15) is 0 Å². The Morgan fingerprint density at radius 1 is 1.14 bits per heavy atom.